The summed E-state index contributed by atoms with van der Waals surface area (Å²) in [5.41, 5.74) is 1.22. The average molecular weight is 387 g/mol. The van der Waals surface area contributed by atoms with Crippen molar-refractivity contribution in [3.8, 4) is 0 Å². The molecule has 154 valence electrons. The molecule has 28 heavy (non-hydrogen) atoms. The van der Waals surface area contributed by atoms with Gasteiger partial charge >= 0.3 is 0 Å². The van der Waals surface area contributed by atoms with Gasteiger partial charge in [-0.15, -0.1) is 0 Å². The van der Waals surface area contributed by atoms with Gasteiger partial charge in [-0.1, -0.05) is 25.4 Å². The van der Waals surface area contributed by atoms with E-state index < -0.39 is 0 Å². The van der Waals surface area contributed by atoms with E-state index in [0.29, 0.717) is 18.3 Å². The van der Waals surface area contributed by atoms with Crippen LogP contribution in [0.25, 0.3) is 0 Å². The third kappa shape index (κ3) is 2.72. The normalized spacial score (nSPS) is 49.6. The van der Waals surface area contributed by atoms with Crippen LogP contribution < -0.4 is 5.32 Å². The molecule has 0 amide bonds. The van der Waals surface area contributed by atoms with Gasteiger partial charge < -0.3 is 10.2 Å². The van der Waals surface area contributed by atoms with Crippen LogP contribution in [0.4, 0.5) is 0 Å². The number of fused-ring (bicyclic) bond motifs is 5. The van der Waals surface area contributed by atoms with Crippen molar-refractivity contribution in [2.75, 3.05) is 13.1 Å². The molecular weight excluding hydrogens is 352 g/mol. The van der Waals surface area contributed by atoms with Crippen molar-refractivity contribution in [1.29, 1.82) is 0 Å². The minimum atomic E-state index is -0.190. The molecule has 0 spiro atoms. The van der Waals surface area contributed by atoms with E-state index in [1.165, 1.54) is 19.3 Å². The Labute approximate surface area is 168 Å². The standard InChI is InChI=1S/C23H34N2O3/c1-22-8-3-4-16(22)19-17(6-9-22)23(2)10-5-14(12-18(23)20(26)21(19)27)25-28-15-7-11-24-13-15/h15-19,24H,3-13H2,1-2H3/t15-,16+,17+,18?,19+,22+,23-/m1/s1. The van der Waals surface area contributed by atoms with Crippen molar-refractivity contribution < 1.29 is 14.4 Å². The fourth-order valence-corrected chi connectivity index (χ4v) is 7.51. The van der Waals surface area contributed by atoms with Crippen molar-refractivity contribution in [1.82, 2.24) is 5.32 Å². The van der Waals surface area contributed by atoms with Gasteiger partial charge in [0, 0.05) is 24.8 Å². The SMILES string of the molecule is C[C@@]12CCC[C@H]1[C@@H]1C(=O)C(=O)C3CC(=NO[C@@H]4CCNC4)CC[C@]3(C)[C@H]1CC2. The predicted molar refractivity (Wildman–Crippen MR) is 107 cm³/mol. The van der Waals surface area contributed by atoms with Gasteiger partial charge in [-0.3, -0.25) is 9.59 Å². The van der Waals surface area contributed by atoms with Crippen LogP contribution in [-0.2, 0) is 14.4 Å². The van der Waals surface area contributed by atoms with Crippen LogP contribution in [0, 0.1) is 34.5 Å². The molecule has 5 aliphatic rings. The zero-order chi connectivity index (χ0) is 19.5. The smallest absolute Gasteiger partial charge is 0.202 e. The number of ketones is 2. The second kappa shape index (κ2) is 6.65. The minimum Gasteiger partial charge on any atom is -0.391 e. The largest absolute Gasteiger partial charge is 0.391 e. The van der Waals surface area contributed by atoms with Crippen LogP contribution in [0.5, 0.6) is 0 Å². The lowest BCUT2D eigenvalue weighted by Gasteiger charge is -2.58. The maximum absolute atomic E-state index is 13.3. The second-order valence-corrected chi connectivity index (χ2v) is 10.7. The zero-order valence-electron chi connectivity index (χ0n) is 17.3. The van der Waals surface area contributed by atoms with Crippen molar-refractivity contribution in [3.05, 3.63) is 0 Å². The summed E-state index contributed by atoms with van der Waals surface area (Å²) < 4.78 is 0. The Balaban J connectivity index is 1.39. The number of rotatable bonds is 2. The summed E-state index contributed by atoms with van der Waals surface area (Å²) in [5, 5.41) is 7.71. The molecule has 5 nitrogen and oxygen atoms in total. The Morgan fingerprint density at radius 2 is 1.89 bits per heavy atom. The third-order valence-electron chi connectivity index (χ3n) is 9.29. The lowest BCUT2D eigenvalue weighted by molar-refractivity contribution is -0.164. The number of hydrogen-bond donors (Lipinski definition) is 1. The van der Waals surface area contributed by atoms with Crippen molar-refractivity contribution in [2.24, 2.45) is 39.7 Å². The van der Waals surface area contributed by atoms with Gasteiger partial charge in [0.2, 0.25) is 11.6 Å². The lowest BCUT2D eigenvalue weighted by Crippen LogP contribution is -2.60. The summed E-state index contributed by atoms with van der Waals surface area (Å²) in [6.45, 7) is 6.50. The summed E-state index contributed by atoms with van der Waals surface area (Å²) in [4.78, 5) is 32.3. The Morgan fingerprint density at radius 1 is 1.04 bits per heavy atom. The number of Topliss-reactive ketones (excluding diaryl/α,β-unsaturated/α-hetero) is 2. The Morgan fingerprint density at radius 3 is 2.68 bits per heavy atom. The predicted octanol–water partition coefficient (Wildman–Crippen LogP) is 3.51. The quantitative estimate of drug-likeness (QED) is 0.582. The molecule has 0 bridgehead atoms. The maximum atomic E-state index is 13.3. The van der Waals surface area contributed by atoms with Gasteiger partial charge in [0.15, 0.2) is 0 Å². The van der Waals surface area contributed by atoms with Crippen LogP contribution in [-0.4, -0.2) is 36.5 Å². The fourth-order valence-electron chi connectivity index (χ4n) is 7.51. The molecule has 5 rings (SSSR count). The van der Waals surface area contributed by atoms with E-state index in [0.717, 1.165) is 50.9 Å². The highest BCUT2D eigenvalue weighted by Crippen LogP contribution is 2.64. The molecule has 1 unspecified atom stereocenters. The zero-order valence-corrected chi connectivity index (χ0v) is 17.3. The van der Waals surface area contributed by atoms with Gasteiger partial charge in [0.1, 0.15) is 6.10 Å². The summed E-state index contributed by atoms with van der Waals surface area (Å²) >= 11 is 0. The molecule has 1 aliphatic heterocycles. The first-order chi connectivity index (χ1) is 13.4. The van der Waals surface area contributed by atoms with Crippen LogP contribution in [0.15, 0.2) is 5.16 Å². The van der Waals surface area contributed by atoms with Gasteiger partial charge in [-0.05, 0) is 74.2 Å². The van der Waals surface area contributed by atoms with Crippen molar-refractivity contribution in [3.63, 3.8) is 0 Å². The van der Waals surface area contributed by atoms with Gasteiger partial charge in [0.05, 0.1) is 5.71 Å². The van der Waals surface area contributed by atoms with Crippen LogP contribution in [0.3, 0.4) is 0 Å². The Kier molecular flexibility index (Phi) is 4.46. The van der Waals surface area contributed by atoms with Gasteiger partial charge in [-0.2, -0.15) is 0 Å². The molecule has 1 N–H and O–H groups in total. The highest BCUT2D eigenvalue weighted by molar-refractivity contribution is 6.40. The summed E-state index contributed by atoms with van der Waals surface area (Å²) in [6, 6.07) is 0. The highest BCUT2D eigenvalue weighted by atomic mass is 16.6. The Bertz CT molecular complexity index is 713. The van der Waals surface area contributed by atoms with E-state index >= 15 is 0 Å². The van der Waals surface area contributed by atoms with E-state index in [4.69, 9.17) is 4.84 Å². The molecule has 0 aromatic heterocycles. The van der Waals surface area contributed by atoms with Crippen molar-refractivity contribution >= 4 is 17.3 Å². The molecule has 5 fully saturated rings. The molecular formula is C23H34N2O3. The van der Waals surface area contributed by atoms with Crippen LogP contribution >= 0.6 is 0 Å². The molecule has 5 heteroatoms. The minimum absolute atomic E-state index is 0.0192. The second-order valence-electron chi connectivity index (χ2n) is 10.7. The monoisotopic (exact) mass is 386 g/mol. The fraction of sp³-hybridized carbons (Fsp3) is 0.870. The molecule has 1 saturated heterocycles. The molecule has 0 aromatic carbocycles. The third-order valence-corrected chi connectivity index (χ3v) is 9.29. The van der Waals surface area contributed by atoms with E-state index in [9.17, 15) is 9.59 Å². The molecule has 1 heterocycles. The van der Waals surface area contributed by atoms with E-state index in [1.54, 1.807) is 0 Å². The van der Waals surface area contributed by atoms with Gasteiger partial charge in [-0.25, -0.2) is 0 Å². The van der Waals surface area contributed by atoms with Crippen molar-refractivity contribution in [2.45, 2.75) is 77.7 Å². The number of carbonyl (C=O) groups is 2. The van der Waals surface area contributed by atoms with E-state index in [-0.39, 0.29) is 40.3 Å². The van der Waals surface area contributed by atoms with E-state index in [1.807, 2.05) is 0 Å². The first-order valence-electron chi connectivity index (χ1n) is 11.4. The number of nitrogens with zero attached hydrogens (tertiary/aromatic N) is 1. The molecule has 4 aliphatic carbocycles. The lowest BCUT2D eigenvalue weighted by atomic mass is 9.44. The summed E-state index contributed by atoms with van der Waals surface area (Å²) in [5.74, 6) is 0.440. The number of nitrogens with one attached hydrogen (secondary N) is 1. The molecule has 0 aromatic rings. The average Bonchev–Trinajstić information content (AvgIpc) is 3.33. The van der Waals surface area contributed by atoms with Crippen LogP contribution in [0.2, 0.25) is 0 Å². The van der Waals surface area contributed by atoms with Gasteiger partial charge in [0.25, 0.3) is 0 Å². The summed E-state index contributed by atoms with van der Waals surface area (Å²) in [6.07, 6.45) is 9.53. The first kappa shape index (κ1) is 18.8. The Hall–Kier alpha value is -1.23. The summed E-state index contributed by atoms with van der Waals surface area (Å²) in [7, 11) is 0. The highest BCUT2D eigenvalue weighted by Gasteiger charge is 2.63. The maximum Gasteiger partial charge on any atom is 0.202 e. The first-order valence-corrected chi connectivity index (χ1v) is 11.4. The number of oxime groups is 1. The number of hydrogen-bond acceptors (Lipinski definition) is 5. The van der Waals surface area contributed by atoms with Crippen LogP contribution in [0.1, 0.15) is 71.6 Å². The molecule has 4 saturated carbocycles. The topological polar surface area (TPSA) is 67.8 Å². The molecule has 0 radical (unpaired) electrons. The number of carbonyl (C=O) groups excluding carboxylic acids is 2. The van der Waals surface area contributed by atoms with E-state index in [2.05, 4.69) is 24.3 Å². The molecule has 7 atom stereocenters.